The molecule has 2 nitrogen and oxygen atoms in total. The molecule has 2 atom stereocenters. The molecule has 0 unspecified atom stereocenters. The van der Waals surface area contributed by atoms with Crippen LogP contribution in [0.5, 0.6) is 0 Å². The largest absolute Gasteiger partial charge is 0.454 e. The average molecular weight is 192 g/mol. The summed E-state index contributed by atoms with van der Waals surface area (Å²) in [5.41, 5.74) is 1.30. The van der Waals surface area contributed by atoms with E-state index in [2.05, 4.69) is 6.08 Å². The second kappa shape index (κ2) is 2.85. The first-order valence-electron chi connectivity index (χ1n) is 5.73. The van der Waals surface area contributed by atoms with Crippen molar-refractivity contribution in [2.45, 2.75) is 50.5 Å². The molecule has 2 heteroatoms. The summed E-state index contributed by atoms with van der Waals surface area (Å²) in [6.45, 7) is 0. The van der Waals surface area contributed by atoms with Gasteiger partial charge in [-0.1, -0.05) is 6.08 Å². The molecule has 1 aliphatic heterocycles. The van der Waals surface area contributed by atoms with Gasteiger partial charge in [0.25, 0.3) is 0 Å². The van der Waals surface area contributed by atoms with Gasteiger partial charge in [0.05, 0.1) is 6.42 Å². The highest BCUT2D eigenvalue weighted by Gasteiger charge is 2.54. The maximum Gasteiger partial charge on any atom is 0.307 e. The Morgan fingerprint density at radius 2 is 2.36 bits per heavy atom. The molecular weight excluding hydrogens is 176 g/mol. The van der Waals surface area contributed by atoms with Gasteiger partial charge in [-0.05, 0) is 44.1 Å². The SMILES string of the molecule is O=C1C[C@H]2CCC[C@@]2(C2=CCCC2)O1. The van der Waals surface area contributed by atoms with Crippen LogP contribution in [-0.4, -0.2) is 11.6 Å². The Kier molecular flexibility index (Phi) is 1.73. The zero-order valence-corrected chi connectivity index (χ0v) is 8.42. The van der Waals surface area contributed by atoms with E-state index in [4.69, 9.17) is 4.74 Å². The molecule has 0 bridgehead atoms. The Morgan fingerprint density at radius 3 is 3.14 bits per heavy atom. The molecular formula is C12H16O2. The highest BCUT2D eigenvalue weighted by atomic mass is 16.6. The Bertz CT molecular complexity index is 305. The van der Waals surface area contributed by atoms with Gasteiger partial charge in [0.2, 0.25) is 0 Å². The maximum atomic E-state index is 11.4. The van der Waals surface area contributed by atoms with Crippen molar-refractivity contribution in [1.29, 1.82) is 0 Å². The lowest BCUT2D eigenvalue weighted by atomic mass is 9.83. The van der Waals surface area contributed by atoms with Crippen molar-refractivity contribution in [3.8, 4) is 0 Å². The molecule has 0 spiro atoms. The standard InChI is InChI=1S/C12H16O2/c13-11-8-10-6-3-7-12(10,14-11)9-4-1-2-5-9/h4,10H,1-3,5-8H2/t10-,12+/m1/s1. The van der Waals surface area contributed by atoms with E-state index in [0.717, 1.165) is 12.8 Å². The monoisotopic (exact) mass is 192 g/mol. The Hall–Kier alpha value is -0.790. The fraction of sp³-hybridized carbons (Fsp3) is 0.750. The van der Waals surface area contributed by atoms with Gasteiger partial charge in [-0.3, -0.25) is 4.79 Å². The number of fused-ring (bicyclic) bond motifs is 1. The van der Waals surface area contributed by atoms with Crippen LogP contribution in [0.2, 0.25) is 0 Å². The second-order valence-corrected chi connectivity index (χ2v) is 4.78. The van der Waals surface area contributed by atoms with E-state index >= 15 is 0 Å². The van der Waals surface area contributed by atoms with E-state index in [0.29, 0.717) is 12.3 Å². The van der Waals surface area contributed by atoms with Crippen LogP contribution in [0.3, 0.4) is 0 Å². The smallest absolute Gasteiger partial charge is 0.307 e. The predicted molar refractivity (Wildman–Crippen MR) is 52.7 cm³/mol. The lowest BCUT2D eigenvalue weighted by molar-refractivity contribution is -0.146. The summed E-state index contributed by atoms with van der Waals surface area (Å²) in [5.74, 6) is 0.529. The fourth-order valence-corrected chi connectivity index (χ4v) is 3.44. The first-order valence-corrected chi connectivity index (χ1v) is 5.73. The summed E-state index contributed by atoms with van der Waals surface area (Å²) in [4.78, 5) is 11.4. The van der Waals surface area contributed by atoms with Gasteiger partial charge in [-0.2, -0.15) is 0 Å². The molecule has 1 saturated carbocycles. The molecule has 0 aromatic rings. The lowest BCUT2D eigenvalue weighted by Gasteiger charge is -2.29. The zero-order valence-electron chi connectivity index (χ0n) is 8.42. The molecule has 1 heterocycles. The minimum atomic E-state index is -0.131. The third kappa shape index (κ3) is 0.999. The summed E-state index contributed by atoms with van der Waals surface area (Å²) in [6.07, 6.45) is 10.1. The summed E-state index contributed by atoms with van der Waals surface area (Å²) in [7, 11) is 0. The number of allylic oxidation sites excluding steroid dienone is 1. The third-order valence-electron chi connectivity index (χ3n) is 4.05. The molecule has 0 N–H and O–H groups in total. The van der Waals surface area contributed by atoms with Crippen LogP contribution in [0.1, 0.15) is 44.9 Å². The summed E-state index contributed by atoms with van der Waals surface area (Å²) >= 11 is 0. The first kappa shape index (κ1) is 8.51. The molecule has 3 rings (SSSR count). The van der Waals surface area contributed by atoms with E-state index < -0.39 is 0 Å². The van der Waals surface area contributed by atoms with Crippen LogP contribution in [0.4, 0.5) is 0 Å². The van der Waals surface area contributed by atoms with Crippen LogP contribution in [0.15, 0.2) is 11.6 Å². The van der Waals surface area contributed by atoms with E-state index in [1.807, 2.05) is 0 Å². The number of hydrogen-bond acceptors (Lipinski definition) is 2. The number of ether oxygens (including phenoxy) is 1. The van der Waals surface area contributed by atoms with E-state index in [9.17, 15) is 4.79 Å². The van der Waals surface area contributed by atoms with E-state index in [1.54, 1.807) is 0 Å². The molecule has 0 amide bonds. The molecule has 0 aromatic carbocycles. The van der Waals surface area contributed by atoms with Crippen LogP contribution < -0.4 is 0 Å². The summed E-state index contributed by atoms with van der Waals surface area (Å²) < 4.78 is 5.65. The third-order valence-corrected chi connectivity index (χ3v) is 4.05. The van der Waals surface area contributed by atoms with Crippen LogP contribution in [0.25, 0.3) is 0 Å². The average Bonchev–Trinajstić information content (AvgIpc) is 2.74. The van der Waals surface area contributed by atoms with Crippen LogP contribution >= 0.6 is 0 Å². The maximum absolute atomic E-state index is 11.4. The molecule has 14 heavy (non-hydrogen) atoms. The molecule has 3 aliphatic rings. The number of carbonyl (C=O) groups is 1. The van der Waals surface area contributed by atoms with Gasteiger partial charge in [0.1, 0.15) is 5.60 Å². The Labute approximate surface area is 84.3 Å². The van der Waals surface area contributed by atoms with E-state index in [1.165, 1.54) is 31.3 Å². The quantitative estimate of drug-likeness (QED) is 0.471. The molecule has 2 aliphatic carbocycles. The molecule has 76 valence electrons. The molecule has 1 saturated heterocycles. The lowest BCUT2D eigenvalue weighted by Crippen LogP contribution is -2.32. The molecule has 0 aromatic heterocycles. The Balaban J connectivity index is 1.96. The summed E-state index contributed by atoms with van der Waals surface area (Å²) in [6, 6.07) is 0. The van der Waals surface area contributed by atoms with Crippen molar-refractivity contribution in [1.82, 2.24) is 0 Å². The topological polar surface area (TPSA) is 26.3 Å². The van der Waals surface area contributed by atoms with Gasteiger partial charge in [-0.15, -0.1) is 0 Å². The van der Waals surface area contributed by atoms with Crippen molar-refractivity contribution >= 4 is 5.97 Å². The van der Waals surface area contributed by atoms with Gasteiger partial charge in [-0.25, -0.2) is 0 Å². The van der Waals surface area contributed by atoms with Gasteiger partial charge < -0.3 is 4.74 Å². The van der Waals surface area contributed by atoms with Gasteiger partial charge in [0, 0.05) is 5.92 Å². The fourth-order valence-electron chi connectivity index (χ4n) is 3.44. The predicted octanol–water partition coefficient (Wildman–Crippen LogP) is 2.58. The highest BCUT2D eigenvalue weighted by molar-refractivity contribution is 5.74. The van der Waals surface area contributed by atoms with Crippen molar-refractivity contribution in [2.24, 2.45) is 5.92 Å². The minimum absolute atomic E-state index is 0.0301. The summed E-state index contributed by atoms with van der Waals surface area (Å²) in [5, 5.41) is 0. The number of hydrogen-bond donors (Lipinski definition) is 0. The number of rotatable bonds is 1. The first-order chi connectivity index (χ1) is 6.81. The number of esters is 1. The normalized spacial score (nSPS) is 41.0. The zero-order chi connectivity index (χ0) is 9.60. The second-order valence-electron chi connectivity index (χ2n) is 4.78. The molecule has 2 fully saturated rings. The number of carbonyl (C=O) groups excluding carboxylic acids is 1. The molecule has 0 radical (unpaired) electrons. The minimum Gasteiger partial charge on any atom is -0.454 e. The van der Waals surface area contributed by atoms with Crippen molar-refractivity contribution in [2.75, 3.05) is 0 Å². The van der Waals surface area contributed by atoms with Crippen LogP contribution in [-0.2, 0) is 9.53 Å². The van der Waals surface area contributed by atoms with Gasteiger partial charge in [0.15, 0.2) is 0 Å². The van der Waals surface area contributed by atoms with Crippen LogP contribution in [0, 0.1) is 5.92 Å². The van der Waals surface area contributed by atoms with Crippen molar-refractivity contribution < 1.29 is 9.53 Å². The Morgan fingerprint density at radius 1 is 1.43 bits per heavy atom. The van der Waals surface area contributed by atoms with E-state index in [-0.39, 0.29) is 11.6 Å². The van der Waals surface area contributed by atoms with Crippen molar-refractivity contribution in [3.63, 3.8) is 0 Å². The van der Waals surface area contributed by atoms with Crippen molar-refractivity contribution in [3.05, 3.63) is 11.6 Å². The van der Waals surface area contributed by atoms with Gasteiger partial charge >= 0.3 is 5.97 Å². The highest BCUT2D eigenvalue weighted by Crippen LogP contribution is 2.52.